The molecular weight excluding hydrogens is 603 g/mol. The number of hydrogen-bond donors (Lipinski definition) is 7. The summed E-state index contributed by atoms with van der Waals surface area (Å²) in [7, 11) is 0. The van der Waals surface area contributed by atoms with E-state index in [0.29, 0.717) is 20.4 Å². The number of aliphatic imine (C=N–C) groups is 1. The maximum absolute atomic E-state index is 13.0. The van der Waals surface area contributed by atoms with E-state index < -0.39 is 41.0 Å². The van der Waals surface area contributed by atoms with E-state index in [9.17, 15) is 29.8 Å². The molecule has 4 heterocycles. The molecule has 15 nitrogen and oxygen atoms in total. The van der Waals surface area contributed by atoms with Crippen LogP contribution in [0.4, 0.5) is 5.13 Å². The first-order valence-corrected chi connectivity index (χ1v) is 15.0. The predicted molar refractivity (Wildman–Crippen MR) is 152 cm³/mol. The number of hydrogen-bond acceptors (Lipinski definition) is 14. The van der Waals surface area contributed by atoms with Crippen LogP contribution in [0.5, 0.6) is 0 Å². The van der Waals surface area contributed by atoms with Crippen molar-refractivity contribution >= 4 is 81.2 Å². The van der Waals surface area contributed by atoms with Gasteiger partial charge in [0.25, 0.3) is 11.8 Å². The van der Waals surface area contributed by atoms with Gasteiger partial charge in [0.15, 0.2) is 16.8 Å². The Balaban J connectivity index is 1.50. The molecule has 212 valence electrons. The van der Waals surface area contributed by atoms with Gasteiger partial charge in [0, 0.05) is 44.0 Å². The van der Waals surface area contributed by atoms with Crippen LogP contribution in [0.15, 0.2) is 54.4 Å². The third-order valence-electron chi connectivity index (χ3n) is 5.46. The van der Waals surface area contributed by atoms with Crippen molar-refractivity contribution in [1.29, 1.82) is 0 Å². The summed E-state index contributed by atoms with van der Waals surface area (Å²) in [4.78, 5) is 53.0. The van der Waals surface area contributed by atoms with Gasteiger partial charge >= 0.3 is 5.97 Å². The first-order valence-electron chi connectivity index (χ1n) is 11.2. The molecule has 40 heavy (non-hydrogen) atoms. The highest BCUT2D eigenvalue weighted by Crippen LogP contribution is 2.46. The Labute approximate surface area is 243 Å². The average Bonchev–Trinajstić information content (AvgIpc) is 3.35. The number of carboxylic acid groups (broad SMARTS) is 1. The van der Waals surface area contributed by atoms with Crippen LogP contribution in [0.1, 0.15) is 5.69 Å². The van der Waals surface area contributed by atoms with Gasteiger partial charge in [-0.25, -0.2) is 14.8 Å². The molecule has 19 heteroatoms. The van der Waals surface area contributed by atoms with Crippen molar-refractivity contribution < 1.29 is 29.8 Å². The number of oxime groups is 1. The van der Waals surface area contributed by atoms with Gasteiger partial charge in [0.05, 0.1) is 12.6 Å². The van der Waals surface area contributed by atoms with Crippen molar-refractivity contribution in [3.63, 3.8) is 0 Å². The normalized spacial score (nSPS) is 19.5. The summed E-state index contributed by atoms with van der Waals surface area (Å²) in [5, 5.41) is 35.3. The molecule has 1 unspecified atom stereocenters. The van der Waals surface area contributed by atoms with E-state index in [1.54, 1.807) is 18.5 Å². The molecule has 0 spiro atoms. The van der Waals surface area contributed by atoms with Crippen LogP contribution < -0.4 is 22.5 Å². The zero-order valence-electron chi connectivity index (χ0n) is 20.3. The van der Waals surface area contributed by atoms with E-state index in [-0.39, 0.29) is 34.8 Å². The lowest BCUT2D eigenvalue weighted by Gasteiger charge is -2.49. The number of carbonyl (C=O) groups excluding carboxylic acids is 2. The number of pyridine rings is 1. The number of carboxylic acids is 1. The second kappa shape index (κ2) is 12.8. The Hall–Kier alpha value is -3.52. The van der Waals surface area contributed by atoms with Crippen LogP contribution in [0.2, 0.25) is 0 Å². The Bertz CT molecular complexity index is 1410. The number of aliphatic carboxylic acids is 1. The highest BCUT2D eigenvalue weighted by molar-refractivity contribution is 8.07. The number of guanidine groups is 1. The number of aromatic nitrogens is 2. The highest BCUT2D eigenvalue weighted by Gasteiger charge is 2.54. The van der Waals surface area contributed by atoms with Gasteiger partial charge in [0.2, 0.25) is 0 Å². The third-order valence-corrected chi connectivity index (χ3v) is 10.1. The van der Waals surface area contributed by atoms with Gasteiger partial charge in [0.1, 0.15) is 22.8 Å². The van der Waals surface area contributed by atoms with Crippen LogP contribution in [0.25, 0.3) is 0 Å². The number of nitrogens with zero attached hydrogens (tertiary/aromatic N) is 5. The van der Waals surface area contributed by atoms with Gasteiger partial charge in [-0.15, -0.1) is 34.9 Å². The second-order valence-corrected chi connectivity index (χ2v) is 12.3. The maximum Gasteiger partial charge on any atom is 0.353 e. The van der Waals surface area contributed by atoms with E-state index in [1.165, 1.54) is 40.7 Å². The van der Waals surface area contributed by atoms with E-state index >= 15 is 0 Å². The smallest absolute Gasteiger partial charge is 0.353 e. The van der Waals surface area contributed by atoms with Gasteiger partial charge in [-0.05, 0) is 6.07 Å². The van der Waals surface area contributed by atoms with E-state index in [0.717, 1.165) is 16.2 Å². The average molecular weight is 626 g/mol. The molecule has 4 rings (SSSR count). The van der Waals surface area contributed by atoms with Crippen LogP contribution in [-0.2, 0) is 14.4 Å². The van der Waals surface area contributed by atoms with Gasteiger partial charge < -0.3 is 37.9 Å². The number of fused-ring (bicyclic) bond motifs is 1. The minimum absolute atomic E-state index is 0.0434. The number of aliphatic hydroxyl groups excluding tert-OH is 1. The number of thiazole rings is 1. The van der Waals surface area contributed by atoms with Crippen molar-refractivity contribution in [3.05, 3.63) is 40.1 Å². The minimum Gasteiger partial charge on any atom is -0.477 e. The zero-order chi connectivity index (χ0) is 29.0. The largest absolute Gasteiger partial charge is 0.477 e. The zero-order valence-corrected chi connectivity index (χ0v) is 23.6. The number of thioether (sulfide) groups is 3. The van der Waals surface area contributed by atoms with Crippen LogP contribution in [0.3, 0.4) is 0 Å². The van der Waals surface area contributed by atoms with Crippen molar-refractivity contribution in [1.82, 2.24) is 20.2 Å². The Morgan fingerprint density at radius 3 is 2.73 bits per heavy atom. The lowest BCUT2D eigenvalue weighted by molar-refractivity contribution is -0.150. The molecule has 3 atom stereocenters. The van der Waals surface area contributed by atoms with Crippen molar-refractivity contribution in [2.45, 2.75) is 27.2 Å². The molecule has 2 aliphatic rings. The van der Waals surface area contributed by atoms with Gasteiger partial charge in [-0.2, -0.15) is 0 Å². The Morgan fingerprint density at radius 1 is 1.32 bits per heavy atom. The summed E-state index contributed by atoms with van der Waals surface area (Å²) < 4.78 is 0. The molecule has 0 aliphatic carbocycles. The van der Waals surface area contributed by atoms with Crippen molar-refractivity contribution in [2.24, 2.45) is 21.6 Å². The molecule has 2 amide bonds. The first-order chi connectivity index (χ1) is 19.1. The maximum atomic E-state index is 13.0. The fourth-order valence-corrected chi connectivity index (χ4v) is 7.92. The van der Waals surface area contributed by atoms with E-state index in [2.05, 4.69) is 25.4 Å². The molecule has 0 saturated carbocycles. The standard InChI is InChI=1S/C21H23N9O6S4/c22-20(23)26-8(4-31)5-37-11-3-25-2-1-10(11)40-12-7-38-18-14(17(33)30(18)15(12)19(34)35)28-16(32)13(29-36)9-6-39-21(24)27-9/h1-3,6,8,14,18,31,36H,4-5,7H2,(H2,24,27)(H,28,32)(H,34,35)(H4,22,23,26)/b29-13-/t8?,14-,18+/m1/s1. The fourth-order valence-electron chi connectivity index (χ4n) is 3.71. The number of anilines is 1. The number of nitrogen functional groups attached to an aromatic ring is 1. The molecule has 10 N–H and O–H groups in total. The van der Waals surface area contributed by atoms with Gasteiger partial charge in [-0.3, -0.25) is 19.5 Å². The topological polar surface area (TPSA) is 256 Å². The molecule has 0 radical (unpaired) electrons. The molecule has 2 aromatic heterocycles. The summed E-state index contributed by atoms with van der Waals surface area (Å²) in [5.41, 5.74) is 15.8. The minimum atomic E-state index is -1.29. The fraction of sp³-hybridized carbons (Fsp3) is 0.286. The molecule has 1 fully saturated rings. The number of β-lactam (4-membered cyclic amide) rings is 1. The van der Waals surface area contributed by atoms with Crippen LogP contribution in [0, 0.1) is 0 Å². The van der Waals surface area contributed by atoms with Crippen molar-refractivity contribution in [2.75, 3.05) is 23.8 Å². The number of aliphatic hydroxyl groups is 1. The molecule has 2 aromatic rings. The number of amides is 2. The summed E-state index contributed by atoms with van der Waals surface area (Å²) in [6.07, 6.45) is 3.16. The summed E-state index contributed by atoms with van der Waals surface area (Å²) in [6.45, 7) is -0.266. The molecule has 2 aliphatic heterocycles. The van der Waals surface area contributed by atoms with Crippen molar-refractivity contribution in [3.8, 4) is 0 Å². The molecule has 0 bridgehead atoms. The molecule has 0 aromatic carbocycles. The summed E-state index contributed by atoms with van der Waals surface area (Å²) >= 11 is 4.85. The quantitative estimate of drug-likeness (QED) is 0.0415. The predicted octanol–water partition coefficient (Wildman–Crippen LogP) is -0.487. The first kappa shape index (κ1) is 29.5. The Kier molecular flexibility index (Phi) is 9.40. The van der Waals surface area contributed by atoms with E-state index in [4.69, 9.17) is 17.2 Å². The third kappa shape index (κ3) is 6.28. The Morgan fingerprint density at radius 2 is 2.10 bits per heavy atom. The van der Waals surface area contributed by atoms with Gasteiger partial charge in [-0.1, -0.05) is 16.9 Å². The summed E-state index contributed by atoms with van der Waals surface area (Å²) in [6, 6.07) is 0.138. The SMILES string of the molecule is NC(N)=NC(CO)CSc1cnccc1SC1=C(C(=O)O)N2C(=O)[C@@H](NC(=O)/C(=N\O)c3csc(N)n3)[C@@H]2SC1. The number of nitrogens with two attached hydrogens (primary N) is 3. The monoisotopic (exact) mass is 625 g/mol. The highest BCUT2D eigenvalue weighted by atomic mass is 32.2. The lowest BCUT2D eigenvalue weighted by atomic mass is 10.0. The number of carbonyl (C=O) groups is 3. The number of nitrogens with one attached hydrogen (secondary N) is 1. The lowest BCUT2D eigenvalue weighted by Crippen LogP contribution is -2.71. The molecule has 1 saturated heterocycles. The van der Waals surface area contributed by atoms with Crippen LogP contribution in [-0.4, -0.2) is 95.3 Å². The number of rotatable bonds is 11. The van der Waals surface area contributed by atoms with E-state index in [1.807, 2.05) is 0 Å². The second-order valence-electron chi connectivity index (χ2n) is 8.08. The van der Waals surface area contributed by atoms with Crippen LogP contribution >= 0.6 is 46.6 Å². The molecular formula is C21H23N9O6S4. The summed E-state index contributed by atoms with van der Waals surface area (Å²) in [5.74, 6) is -2.33.